The van der Waals surface area contributed by atoms with E-state index in [2.05, 4.69) is 20.5 Å². The van der Waals surface area contributed by atoms with Crippen molar-refractivity contribution in [2.45, 2.75) is 51.7 Å². The SMILES string of the molecule is CC(C)NC(=O)[C@@H](C)N1CCC(NC(=O)c2ccc[nH]2)CC1. The third kappa shape index (κ3) is 4.34. The van der Waals surface area contributed by atoms with Gasteiger partial charge < -0.3 is 15.6 Å². The first-order valence-electron chi connectivity index (χ1n) is 7.96. The fraction of sp³-hybridized carbons (Fsp3) is 0.625. The van der Waals surface area contributed by atoms with E-state index < -0.39 is 0 Å². The van der Waals surface area contributed by atoms with E-state index in [1.165, 1.54) is 0 Å². The average Bonchev–Trinajstić information content (AvgIpc) is 3.01. The van der Waals surface area contributed by atoms with Crippen LogP contribution in [0.15, 0.2) is 18.3 Å². The van der Waals surface area contributed by atoms with Crippen molar-refractivity contribution in [2.75, 3.05) is 13.1 Å². The van der Waals surface area contributed by atoms with E-state index in [-0.39, 0.29) is 29.9 Å². The number of H-pyrrole nitrogens is 1. The topological polar surface area (TPSA) is 77.2 Å². The molecule has 22 heavy (non-hydrogen) atoms. The molecule has 2 heterocycles. The molecule has 2 amide bonds. The summed E-state index contributed by atoms with van der Waals surface area (Å²) in [5, 5.41) is 5.99. The third-order valence-corrected chi connectivity index (χ3v) is 4.07. The third-order valence-electron chi connectivity index (χ3n) is 4.07. The summed E-state index contributed by atoms with van der Waals surface area (Å²) in [4.78, 5) is 29.1. The Morgan fingerprint density at radius 3 is 2.50 bits per heavy atom. The van der Waals surface area contributed by atoms with Gasteiger partial charge in [0.15, 0.2) is 0 Å². The van der Waals surface area contributed by atoms with Crippen molar-refractivity contribution in [3.8, 4) is 0 Å². The summed E-state index contributed by atoms with van der Waals surface area (Å²) in [6, 6.07) is 3.79. The molecule has 0 aromatic carbocycles. The number of rotatable bonds is 5. The molecule has 122 valence electrons. The zero-order chi connectivity index (χ0) is 16.1. The van der Waals surface area contributed by atoms with Gasteiger partial charge in [-0.2, -0.15) is 0 Å². The number of carbonyl (C=O) groups excluding carboxylic acids is 2. The number of aromatic amines is 1. The van der Waals surface area contributed by atoms with Gasteiger partial charge in [0.1, 0.15) is 5.69 Å². The highest BCUT2D eigenvalue weighted by Gasteiger charge is 2.27. The molecule has 1 aliphatic rings. The van der Waals surface area contributed by atoms with Gasteiger partial charge in [0, 0.05) is 31.4 Å². The lowest BCUT2D eigenvalue weighted by molar-refractivity contribution is -0.126. The molecular weight excluding hydrogens is 280 g/mol. The Labute approximate surface area is 131 Å². The summed E-state index contributed by atoms with van der Waals surface area (Å²) in [5.74, 6) is 0.0120. The van der Waals surface area contributed by atoms with Crippen LogP contribution in [0.1, 0.15) is 44.1 Å². The van der Waals surface area contributed by atoms with Crippen LogP contribution in [0.25, 0.3) is 0 Å². The highest BCUT2D eigenvalue weighted by atomic mass is 16.2. The van der Waals surface area contributed by atoms with E-state index in [4.69, 9.17) is 0 Å². The molecule has 6 heteroatoms. The zero-order valence-corrected chi connectivity index (χ0v) is 13.6. The first kappa shape index (κ1) is 16.5. The minimum absolute atomic E-state index is 0.0611. The van der Waals surface area contributed by atoms with Gasteiger partial charge in [-0.1, -0.05) is 0 Å². The van der Waals surface area contributed by atoms with E-state index in [0.29, 0.717) is 5.69 Å². The Morgan fingerprint density at radius 1 is 1.27 bits per heavy atom. The Morgan fingerprint density at radius 2 is 1.95 bits per heavy atom. The lowest BCUT2D eigenvalue weighted by atomic mass is 10.0. The normalized spacial score (nSPS) is 18.2. The fourth-order valence-corrected chi connectivity index (χ4v) is 2.74. The minimum Gasteiger partial charge on any atom is -0.357 e. The molecular formula is C16H26N4O2. The second kappa shape index (κ2) is 7.45. The van der Waals surface area contributed by atoms with Crippen molar-refractivity contribution in [2.24, 2.45) is 0 Å². The average molecular weight is 306 g/mol. The van der Waals surface area contributed by atoms with E-state index in [9.17, 15) is 9.59 Å². The number of hydrogen-bond donors (Lipinski definition) is 3. The number of hydrogen-bond acceptors (Lipinski definition) is 3. The molecule has 1 saturated heterocycles. The summed E-state index contributed by atoms with van der Waals surface area (Å²) < 4.78 is 0. The summed E-state index contributed by atoms with van der Waals surface area (Å²) in [5.41, 5.74) is 0.590. The summed E-state index contributed by atoms with van der Waals surface area (Å²) in [6.07, 6.45) is 3.48. The van der Waals surface area contributed by atoms with Gasteiger partial charge in [-0.3, -0.25) is 14.5 Å². The van der Waals surface area contributed by atoms with Gasteiger partial charge >= 0.3 is 0 Å². The second-order valence-electron chi connectivity index (χ2n) is 6.21. The Hall–Kier alpha value is -1.82. The van der Waals surface area contributed by atoms with Gasteiger partial charge in [0.25, 0.3) is 5.91 Å². The van der Waals surface area contributed by atoms with Crippen LogP contribution in [0.5, 0.6) is 0 Å². The standard InChI is InChI=1S/C16H26N4O2/c1-11(2)18-15(21)12(3)20-9-6-13(7-10-20)19-16(22)14-5-4-8-17-14/h4-5,8,11-13,17H,6-7,9-10H2,1-3H3,(H,18,21)(H,19,22)/t12-/m1/s1. The molecule has 1 aromatic heterocycles. The maximum absolute atomic E-state index is 12.0. The molecule has 1 atom stereocenters. The molecule has 2 rings (SSSR count). The Balaban J connectivity index is 1.78. The summed E-state index contributed by atoms with van der Waals surface area (Å²) >= 11 is 0. The molecule has 0 aliphatic carbocycles. The predicted molar refractivity (Wildman–Crippen MR) is 85.6 cm³/mol. The maximum atomic E-state index is 12.0. The molecule has 0 spiro atoms. The molecule has 1 aromatic rings. The number of piperidine rings is 1. The van der Waals surface area contributed by atoms with E-state index in [1.807, 2.05) is 26.8 Å². The highest BCUT2D eigenvalue weighted by Crippen LogP contribution is 2.14. The Kier molecular flexibility index (Phi) is 5.60. The molecule has 3 N–H and O–H groups in total. The Bertz CT molecular complexity index is 490. The van der Waals surface area contributed by atoms with Crippen LogP contribution < -0.4 is 10.6 Å². The second-order valence-corrected chi connectivity index (χ2v) is 6.21. The zero-order valence-electron chi connectivity index (χ0n) is 13.6. The number of amides is 2. The molecule has 6 nitrogen and oxygen atoms in total. The molecule has 1 aliphatic heterocycles. The maximum Gasteiger partial charge on any atom is 0.267 e. The van der Waals surface area contributed by atoms with Crippen molar-refractivity contribution in [3.63, 3.8) is 0 Å². The van der Waals surface area contributed by atoms with Crippen molar-refractivity contribution >= 4 is 11.8 Å². The lowest BCUT2D eigenvalue weighted by Crippen LogP contribution is -2.52. The summed E-state index contributed by atoms with van der Waals surface area (Å²) in [6.45, 7) is 7.51. The van der Waals surface area contributed by atoms with Gasteiger partial charge in [-0.15, -0.1) is 0 Å². The van der Waals surface area contributed by atoms with Crippen LogP contribution in [-0.4, -0.2) is 52.9 Å². The lowest BCUT2D eigenvalue weighted by Gasteiger charge is -2.35. The van der Waals surface area contributed by atoms with Crippen LogP contribution >= 0.6 is 0 Å². The van der Waals surface area contributed by atoms with Crippen LogP contribution in [0.2, 0.25) is 0 Å². The molecule has 0 unspecified atom stereocenters. The number of nitrogens with zero attached hydrogens (tertiary/aromatic N) is 1. The molecule has 0 saturated carbocycles. The van der Waals surface area contributed by atoms with Gasteiger partial charge in [0.05, 0.1) is 6.04 Å². The first-order valence-corrected chi connectivity index (χ1v) is 7.96. The minimum atomic E-state index is -0.123. The van der Waals surface area contributed by atoms with Gasteiger partial charge in [-0.05, 0) is 45.7 Å². The van der Waals surface area contributed by atoms with Gasteiger partial charge in [0.2, 0.25) is 5.91 Å². The van der Waals surface area contributed by atoms with Crippen molar-refractivity contribution in [1.82, 2.24) is 20.5 Å². The predicted octanol–water partition coefficient (Wildman–Crippen LogP) is 1.12. The smallest absolute Gasteiger partial charge is 0.267 e. The molecule has 0 bridgehead atoms. The first-order chi connectivity index (χ1) is 10.5. The van der Waals surface area contributed by atoms with E-state index in [0.717, 1.165) is 25.9 Å². The van der Waals surface area contributed by atoms with Crippen LogP contribution in [0, 0.1) is 0 Å². The quantitative estimate of drug-likeness (QED) is 0.763. The van der Waals surface area contributed by atoms with E-state index >= 15 is 0 Å². The number of nitrogens with one attached hydrogen (secondary N) is 3. The number of carbonyl (C=O) groups is 2. The fourth-order valence-electron chi connectivity index (χ4n) is 2.74. The summed E-state index contributed by atoms with van der Waals surface area (Å²) in [7, 11) is 0. The molecule has 1 fully saturated rings. The van der Waals surface area contributed by atoms with Crippen molar-refractivity contribution in [1.29, 1.82) is 0 Å². The number of likely N-dealkylation sites (tertiary alicyclic amines) is 1. The monoisotopic (exact) mass is 306 g/mol. The highest BCUT2D eigenvalue weighted by molar-refractivity contribution is 5.92. The van der Waals surface area contributed by atoms with Crippen molar-refractivity contribution in [3.05, 3.63) is 24.0 Å². The van der Waals surface area contributed by atoms with E-state index in [1.54, 1.807) is 12.3 Å². The molecule has 0 radical (unpaired) electrons. The number of aromatic nitrogens is 1. The van der Waals surface area contributed by atoms with Gasteiger partial charge in [-0.25, -0.2) is 0 Å². The largest absolute Gasteiger partial charge is 0.357 e. The van der Waals surface area contributed by atoms with Crippen molar-refractivity contribution < 1.29 is 9.59 Å². The van der Waals surface area contributed by atoms with Crippen LogP contribution in [0.3, 0.4) is 0 Å². The van der Waals surface area contributed by atoms with Crippen LogP contribution in [-0.2, 0) is 4.79 Å². The van der Waals surface area contributed by atoms with Crippen LogP contribution in [0.4, 0.5) is 0 Å².